The maximum atomic E-state index is 14.6. The van der Waals surface area contributed by atoms with Crippen LogP contribution in [0, 0.1) is 5.82 Å². The van der Waals surface area contributed by atoms with Crippen molar-refractivity contribution in [3.8, 4) is 0 Å². The van der Waals surface area contributed by atoms with Gasteiger partial charge in [-0.25, -0.2) is 17.8 Å². The SMILES string of the molecule is O=CO.O=S(=O)(Nc1cscn1)c1cc(Cl)c(N[C@H]2CCN(Cc3ccccc3)C2)cc1F. The summed E-state index contributed by atoms with van der Waals surface area (Å²) in [5, 5.41) is 11.8. The monoisotopic (exact) mass is 512 g/mol. The molecular formula is C21H22ClFN4O4S2. The predicted octanol–water partition coefficient (Wildman–Crippen LogP) is 4.12. The molecule has 3 N–H and O–H groups in total. The predicted molar refractivity (Wildman–Crippen MR) is 127 cm³/mol. The Kier molecular flexibility index (Phi) is 8.61. The van der Waals surface area contributed by atoms with E-state index in [0.29, 0.717) is 5.69 Å². The first-order chi connectivity index (χ1) is 15.8. The van der Waals surface area contributed by atoms with Gasteiger partial charge in [-0.3, -0.25) is 14.4 Å². The molecule has 176 valence electrons. The number of likely N-dealkylation sites (tertiary alicyclic amines) is 1. The van der Waals surface area contributed by atoms with Gasteiger partial charge in [0.05, 0.1) is 16.2 Å². The number of halogens is 2. The Morgan fingerprint density at radius 2 is 2.03 bits per heavy atom. The first-order valence-corrected chi connectivity index (χ1v) is 12.6. The van der Waals surface area contributed by atoms with Crippen molar-refractivity contribution in [2.45, 2.75) is 23.9 Å². The van der Waals surface area contributed by atoms with Gasteiger partial charge in [0.15, 0.2) is 5.82 Å². The summed E-state index contributed by atoms with van der Waals surface area (Å²) in [4.78, 5) is 14.0. The molecule has 1 aliphatic heterocycles. The Bertz CT molecular complexity index is 1160. The number of nitrogens with one attached hydrogen (secondary N) is 2. The molecule has 1 atom stereocenters. The van der Waals surface area contributed by atoms with Gasteiger partial charge in [0.1, 0.15) is 10.7 Å². The maximum absolute atomic E-state index is 14.6. The summed E-state index contributed by atoms with van der Waals surface area (Å²) in [6.07, 6.45) is 0.885. The van der Waals surface area contributed by atoms with Crippen molar-refractivity contribution < 1.29 is 22.7 Å². The fourth-order valence-corrected chi connectivity index (χ4v) is 5.38. The van der Waals surface area contributed by atoms with Crippen LogP contribution in [0.4, 0.5) is 15.9 Å². The van der Waals surface area contributed by atoms with Crippen LogP contribution in [0.5, 0.6) is 0 Å². The summed E-state index contributed by atoms with van der Waals surface area (Å²) >= 11 is 7.52. The number of nitrogens with zero attached hydrogens (tertiary/aromatic N) is 2. The molecule has 1 fully saturated rings. The highest BCUT2D eigenvalue weighted by molar-refractivity contribution is 7.92. The Morgan fingerprint density at radius 1 is 1.30 bits per heavy atom. The van der Waals surface area contributed by atoms with E-state index in [2.05, 4.69) is 32.1 Å². The lowest BCUT2D eigenvalue weighted by Gasteiger charge is -2.18. The molecule has 0 amide bonds. The summed E-state index contributed by atoms with van der Waals surface area (Å²) in [6.45, 7) is 2.30. The zero-order chi connectivity index (χ0) is 23.8. The average molecular weight is 513 g/mol. The van der Waals surface area contributed by atoms with Crippen LogP contribution in [0.25, 0.3) is 0 Å². The minimum absolute atomic E-state index is 0.0983. The highest BCUT2D eigenvalue weighted by atomic mass is 35.5. The van der Waals surface area contributed by atoms with E-state index in [9.17, 15) is 12.8 Å². The van der Waals surface area contributed by atoms with Gasteiger partial charge in [-0.05, 0) is 24.1 Å². The Labute approximate surface area is 200 Å². The third-order valence-electron chi connectivity index (χ3n) is 4.86. The molecule has 1 aliphatic rings. The number of aromatic nitrogens is 1. The van der Waals surface area contributed by atoms with Crippen LogP contribution < -0.4 is 10.0 Å². The lowest BCUT2D eigenvalue weighted by atomic mass is 10.2. The van der Waals surface area contributed by atoms with E-state index < -0.39 is 20.7 Å². The molecule has 1 saturated heterocycles. The minimum Gasteiger partial charge on any atom is -0.483 e. The van der Waals surface area contributed by atoms with Crippen molar-refractivity contribution in [2.24, 2.45) is 0 Å². The molecule has 0 aliphatic carbocycles. The fourth-order valence-electron chi connectivity index (χ4n) is 3.46. The third kappa shape index (κ3) is 6.87. The van der Waals surface area contributed by atoms with Crippen molar-refractivity contribution in [3.63, 3.8) is 0 Å². The van der Waals surface area contributed by atoms with Crippen LogP contribution >= 0.6 is 22.9 Å². The number of benzene rings is 2. The smallest absolute Gasteiger partial charge is 0.290 e. The largest absolute Gasteiger partial charge is 0.483 e. The minimum atomic E-state index is -4.13. The lowest BCUT2D eigenvalue weighted by molar-refractivity contribution is -0.122. The summed E-state index contributed by atoms with van der Waals surface area (Å²) in [5.41, 5.74) is 3.11. The molecule has 4 rings (SSSR count). The molecule has 33 heavy (non-hydrogen) atoms. The first kappa shape index (κ1) is 24.9. The standard InChI is InChI=1S/C20H20ClFN4O2S2.CH2O2/c21-16-8-19(30(27,28)25-20-12-29-13-23-20)17(22)9-18(16)24-15-6-7-26(11-15)10-14-4-2-1-3-5-14;2-1-3/h1-5,8-9,12-13,15,24-25H,6-7,10-11H2;1H,(H,2,3)/t15-;/m0./s1. The summed E-state index contributed by atoms with van der Waals surface area (Å²) in [5.74, 6) is -0.731. The van der Waals surface area contributed by atoms with E-state index in [4.69, 9.17) is 21.5 Å². The van der Waals surface area contributed by atoms with Crippen molar-refractivity contribution >= 4 is 50.9 Å². The zero-order valence-electron chi connectivity index (χ0n) is 17.3. The van der Waals surface area contributed by atoms with Crippen LogP contribution in [0.2, 0.25) is 5.02 Å². The van der Waals surface area contributed by atoms with Crippen molar-refractivity contribution in [1.82, 2.24) is 9.88 Å². The molecule has 0 bridgehead atoms. The number of rotatable bonds is 7. The van der Waals surface area contributed by atoms with E-state index in [1.165, 1.54) is 27.8 Å². The topological polar surface area (TPSA) is 112 Å². The molecule has 3 aromatic rings. The second-order valence-corrected chi connectivity index (χ2v) is 9.97. The van der Waals surface area contributed by atoms with Gasteiger partial charge in [-0.2, -0.15) is 0 Å². The summed E-state index contributed by atoms with van der Waals surface area (Å²) in [7, 11) is -4.13. The zero-order valence-corrected chi connectivity index (χ0v) is 19.7. The van der Waals surface area contributed by atoms with Crippen LogP contribution in [-0.4, -0.2) is 49.0 Å². The van der Waals surface area contributed by atoms with Gasteiger partial charge in [0.2, 0.25) is 0 Å². The third-order valence-corrected chi connectivity index (χ3v) is 7.13. The molecule has 0 unspecified atom stereocenters. The van der Waals surface area contributed by atoms with Gasteiger partial charge in [-0.1, -0.05) is 41.9 Å². The van der Waals surface area contributed by atoms with E-state index in [1.807, 2.05) is 18.2 Å². The van der Waals surface area contributed by atoms with Crippen LogP contribution in [-0.2, 0) is 21.4 Å². The Balaban J connectivity index is 0.000000968. The van der Waals surface area contributed by atoms with E-state index >= 15 is 0 Å². The molecule has 8 nitrogen and oxygen atoms in total. The molecule has 12 heteroatoms. The molecular weight excluding hydrogens is 491 g/mol. The molecule has 0 spiro atoms. The summed E-state index contributed by atoms with van der Waals surface area (Å²) in [6, 6.07) is 12.6. The van der Waals surface area contributed by atoms with Crippen molar-refractivity contribution in [2.75, 3.05) is 23.1 Å². The van der Waals surface area contributed by atoms with E-state index in [1.54, 1.807) is 0 Å². The number of carbonyl (C=O) groups is 1. The van der Waals surface area contributed by atoms with Gasteiger partial charge in [0.25, 0.3) is 16.5 Å². The second kappa shape index (κ2) is 11.4. The van der Waals surface area contributed by atoms with Crippen LogP contribution in [0.15, 0.2) is 58.3 Å². The second-order valence-electron chi connectivity index (χ2n) is 7.20. The van der Waals surface area contributed by atoms with E-state index in [0.717, 1.165) is 38.2 Å². The Morgan fingerprint density at radius 3 is 2.70 bits per heavy atom. The molecule has 2 aromatic carbocycles. The van der Waals surface area contributed by atoms with Crippen molar-refractivity contribution in [3.05, 3.63) is 69.8 Å². The molecule has 2 heterocycles. The fraction of sp³-hybridized carbons (Fsp3) is 0.238. The highest BCUT2D eigenvalue weighted by Gasteiger charge is 2.26. The number of thiazole rings is 1. The Hall–Kier alpha value is -2.73. The van der Waals surface area contributed by atoms with Gasteiger partial charge < -0.3 is 10.4 Å². The van der Waals surface area contributed by atoms with E-state index in [-0.39, 0.29) is 23.4 Å². The number of hydrogen-bond acceptors (Lipinski definition) is 7. The molecule has 0 saturated carbocycles. The maximum Gasteiger partial charge on any atom is 0.290 e. The van der Waals surface area contributed by atoms with Gasteiger partial charge in [-0.15, -0.1) is 11.3 Å². The molecule has 0 radical (unpaired) electrons. The van der Waals surface area contributed by atoms with Crippen molar-refractivity contribution in [1.29, 1.82) is 0 Å². The van der Waals surface area contributed by atoms with Gasteiger partial charge >= 0.3 is 0 Å². The van der Waals surface area contributed by atoms with Gasteiger partial charge in [0, 0.05) is 31.1 Å². The molecule has 1 aromatic heterocycles. The highest BCUT2D eigenvalue weighted by Crippen LogP contribution is 2.30. The average Bonchev–Trinajstić information content (AvgIpc) is 3.43. The quantitative estimate of drug-likeness (QED) is 0.408. The number of hydrogen-bond donors (Lipinski definition) is 3. The number of sulfonamides is 1. The normalized spacial score (nSPS) is 16.0. The number of anilines is 2. The van der Waals surface area contributed by atoms with Crippen LogP contribution in [0.3, 0.4) is 0 Å². The lowest BCUT2D eigenvalue weighted by Crippen LogP contribution is -2.26. The van der Waals surface area contributed by atoms with Crippen LogP contribution in [0.1, 0.15) is 12.0 Å². The number of carboxylic acid groups (broad SMARTS) is 1. The first-order valence-electron chi connectivity index (χ1n) is 9.83. The summed E-state index contributed by atoms with van der Waals surface area (Å²) < 4.78 is 41.8.